The number of hydrogen-bond donors (Lipinski definition) is 2. The van der Waals surface area contributed by atoms with Crippen molar-refractivity contribution in [2.24, 2.45) is 52.1 Å². The van der Waals surface area contributed by atoms with Gasteiger partial charge in [-0.2, -0.15) is 0 Å². The molecule has 105 heavy (non-hydrogen) atoms. The molecule has 0 aliphatic heterocycles. The molecule has 16 heteroatoms. The number of hydrogen-bond acceptors (Lipinski definition) is 8. The Kier molecular flexibility index (Phi) is 23.6. The average molecular weight is 1510 g/mol. The normalized spacial score (nSPS) is 22.6. The van der Waals surface area contributed by atoms with E-state index in [1.165, 1.54) is 99.5 Å². The van der Waals surface area contributed by atoms with E-state index in [-0.39, 0.29) is 30.2 Å². The molecule has 2 aromatic heterocycles. The number of anilines is 2. The summed E-state index contributed by atoms with van der Waals surface area (Å²) in [5.74, 6) is 7.17. The van der Waals surface area contributed by atoms with Gasteiger partial charge in [-0.05, 0) is 299 Å². The average Bonchev–Trinajstić information content (AvgIpc) is 1.73. The van der Waals surface area contributed by atoms with Crippen molar-refractivity contribution in [3.8, 4) is 22.8 Å². The van der Waals surface area contributed by atoms with E-state index < -0.39 is 0 Å². The number of nitrogens with one attached hydrogen (secondary N) is 1. The lowest BCUT2D eigenvalue weighted by Gasteiger charge is -2.57. The number of nitrogens with two attached hydrogens (primary N) is 1. The molecule has 8 bridgehead atoms. The second-order valence-electron chi connectivity index (χ2n) is 33.0. The van der Waals surface area contributed by atoms with Crippen molar-refractivity contribution < 1.29 is 9.59 Å². The van der Waals surface area contributed by atoms with Gasteiger partial charge in [0.25, 0.3) is 0 Å². The molecule has 2 unspecified atom stereocenters. The Morgan fingerprint density at radius 1 is 0.495 bits per heavy atom. The molecule has 0 radical (unpaired) electrons. The lowest BCUT2D eigenvalue weighted by molar-refractivity contribution is -0.119. The molecule has 8 saturated carbocycles. The van der Waals surface area contributed by atoms with E-state index in [4.69, 9.17) is 73.7 Å². The van der Waals surface area contributed by atoms with Gasteiger partial charge in [0.2, 0.25) is 5.91 Å². The number of amides is 1. The number of halogens is 5. The van der Waals surface area contributed by atoms with Gasteiger partial charge >= 0.3 is 0 Å². The molecule has 2 heterocycles. The van der Waals surface area contributed by atoms with Crippen LogP contribution in [-0.2, 0) is 42.3 Å². The second kappa shape index (κ2) is 32.8. The zero-order chi connectivity index (χ0) is 73.3. The van der Waals surface area contributed by atoms with Crippen LogP contribution in [0.3, 0.4) is 0 Å². The summed E-state index contributed by atoms with van der Waals surface area (Å²) >= 11 is 31.8. The molecule has 8 fully saturated rings. The highest BCUT2D eigenvalue weighted by Crippen LogP contribution is 2.62. The molecular weight excluding hydrogens is 1400 g/mol. The number of carbonyl (C=O) groups is 2. The summed E-state index contributed by atoms with van der Waals surface area (Å²) in [5.41, 5.74) is 22.1. The number of benzene rings is 7. The molecule has 9 aromatic rings. The first-order chi connectivity index (χ1) is 50.7. The molecular formula is C89H106Cl5N9O2. The number of Topliss-reactive ketones (excluding diaryl/α,β-unsaturated/α-hetero) is 1. The monoisotopic (exact) mass is 1510 g/mol. The zero-order valence-corrected chi connectivity index (χ0v) is 66.2. The van der Waals surface area contributed by atoms with Gasteiger partial charge in [-0.25, -0.2) is 9.97 Å². The van der Waals surface area contributed by atoms with Crippen LogP contribution in [-0.4, -0.2) is 61.9 Å². The van der Waals surface area contributed by atoms with E-state index >= 15 is 0 Å². The fraction of sp³-hybridized carbons (Fsp3) is 0.483. The Labute approximate surface area is 648 Å². The first kappa shape index (κ1) is 75.4. The minimum Gasteiger partial charge on any atom is -0.372 e. The van der Waals surface area contributed by atoms with E-state index in [2.05, 4.69) is 154 Å². The van der Waals surface area contributed by atoms with Crippen molar-refractivity contribution in [3.05, 3.63) is 198 Å². The first-order valence-electron chi connectivity index (χ1n) is 39.3. The number of carbonyl (C=O) groups excluding carboxylic acids is 2. The van der Waals surface area contributed by atoms with Crippen molar-refractivity contribution in [2.75, 3.05) is 36.0 Å². The summed E-state index contributed by atoms with van der Waals surface area (Å²) in [4.78, 5) is 43.5. The predicted molar refractivity (Wildman–Crippen MR) is 437 cm³/mol. The van der Waals surface area contributed by atoms with Gasteiger partial charge in [0.15, 0.2) is 0 Å². The number of aryl methyl sites for hydroxylation is 1. The number of fused-ring (bicyclic) bond motifs is 2. The third-order valence-electron chi connectivity index (χ3n) is 24.4. The predicted octanol–water partition coefficient (Wildman–Crippen LogP) is 23.1. The molecule has 0 spiro atoms. The minimum atomic E-state index is -0.361. The van der Waals surface area contributed by atoms with Gasteiger partial charge in [-0.15, -0.1) is 0 Å². The van der Waals surface area contributed by atoms with Crippen LogP contribution in [0.5, 0.6) is 0 Å². The van der Waals surface area contributed by atoms with Crippen LogP contribution >= 0.6 is 58.0 Å². The summed E-state index contributed by atoms with van der Waals surface area (Å²) in [6.07, 6.45) is 21.7. The van der Waals surface area contributed by atoms with Gasteiger partial charge in [-0.3, -0.25) is 14.5 Å². The number of imidazole rings is 2. The number of rotatable bonds is 30. The van der Waals surface area contributed by atoms with Crippen LogP contribution in [0.25, 0.3) is 44.8 Å². The highest BCUT2D eigenvalue weighted by Gasteiger charge is 2.53. The molecule has 8 aliphatic rings. The minimum absolute atomic E-state index is 0.138. The molecule has 554 valence electrons. The highest BCUT2D eigenvalue weighted by atomic mass is 35.5. The molecule has 8 aliphatic carbocycles. The third kappa shape index (κ3) is 17.2. The quantitative estimate of drug-likeness (QED) is 0.0457. The fourth-order valence-corrected chi connectivity index (χ4v) is 21.7. The summed E-state index contributed by atoms with van der Waals surface area (Å²) in [6, 6.07) is 48.6. The van der Waals surface area contributed by atoms with Crippen LogP contribution in [0.2, 0.25) is 25.1 Å². The Bertz CT molecular complexity index is 4430. The number of nitrogens with zero attached hydrogens (tertiary/aromatic N) is 7. The zero-order valence-electron chi connectivity index (χ0n) is 62.4. The summed E-state index contributed by atoms with van der Waals surface area (Å²) in [7, 11) is 0. The van der Waals surface area contributed by atoms with E-state index in [1.807, 2.05) is 49.4 Å². The van der Waals surface area contributed by atoms with E-state index in [0.717, 1.165) is 173 Å². The fourth-order valence-electron chi connectivity index (χ4n) is 20.9. The van der Waals surface area contributed by atoms with Crippen LogP contribution in [0, 0.1) is 53.3 Å². The van der Waals surface area contributed by atoms with Crippen LogP contribution < -0.4 is 20.9 Å². The van der Waals surface area contributed by atoms with Gasteiger partial charge in [0.1, 0.15) is 17.4 Å². The molecule has 7 aromatic carbocycles. The van der Waals surface area contributed by atoms with E-state index in [1.54, 1.807) is 6.92 Å². The van der Waals surface area contributed by atoms with Gasteiger partial charge in [-0.1, -0.05) is 122 Å². The van der Waals surface area contributed by atoms with Crippen molar-refractivity contribution in [1.29, 1.82) is 0 Å². The van der Waals surface area contributed by atoms with Crippen molar-refractivity contribution in [2.45, 2.75) is 202 Å². The third-order valence-corrected chi connectivity index (χ3v) is 26.3. The molecule has 17 rings (SSSR count). The standard InChI is InChI=1S/C48H56Cl3N5O.C41H50Cl2N4O/c1-4-16-54(17-5-2)39-11-8-37(9-12-39)47-53-43-23-38(10-15-44(43)56(47)30-48-25-34-19-35(26-48)21-36(20-34)27-48)45(24-46(52)57)55(28-32-6-13-40(49)31(3)18-32)29-33-7-14-41(50)42(51)22-33;1-4-14-46(15-5-2)34-10-7-32(8-11-34)40-45-38-21-33(37(16-27(3)48)44-25-28-6-12-35(42)36(43)20-28)9-13-39(38)47(40)26-41-22-29-17-30(23-41)19-31(18-29)24-41/h6-15,18,22-23,34-36,45H,4-5,16-17,19-21,24-30H2,1-3H3,(H2,52,57);6-13,20-21,29-31,37,44H,4-5,14-19,22-26H2,1-3H3. The molecule has 11 nitrogen and oxygen atoms in total. The Hall–Kier alpha value is -6.41. The number of ketones is 1. The van der Waals surface area contributed by atoms with E-state index in [0.29, 0.717) is 57.0 Å². The molecule has 2 atom stereocenters. The Balaban J connectivity index is 0.000000179. The molecule has 1 amide bonds. The lowest BCUT2D eigenvalue weighted by Crippen LogP contribution is -2.48. The summed E-state index contributed by atoms with van der Waals surface area (Å²) in [6.45, 7) is 20.6. The maximum absolute atomic E-state index is 12.9. The number of primary amides is 1. The van der Waals surface area contributed by atoms with Crippen LogP contribution in [0.15, 0.2) is 140 Å². The Morgan fingerprint density at radius 2 is 0.895 bits per heavy atom. The summed E-state index contributed by atoms with van der Waals surface area (Å²) < 4.78 is 5.10. The second-order valence-corrected chi connectivity index (χ2v) is 35.0. The van der Waals surface area contributed by atoms with Crippen molar-refractivity contribution in [3.63, 3.8) is 0 Å². The highest BCUT2D eigenvalue weighted by molar-refractivity contribution is 6.42. The maximum atomic E-state index is 12.9. The first-order valence-corrected chi connectivity index (χ1v) is 41.2. The lowest BCUT2D eigenvalue weighted by atomic mass is 9.49. The van der Waals surface area contributed by atoms with Gasteiger partial charge in [0.05, 0.1) is 42.2 Å². The molecule has 0 saturated heterocycles. The number of aromatic nitrogens is 4. The van der Waals surface area contributed by atoms with Crippen LogP contribution in [0.4, 0.5) is 11.4 Å². The molecule has 3 N–H and O–H groups in total. The smallest absolute Gasteiger partial charge is 0.219 e. The largest absolute Gasteiger partial charge is 0.372 e. The SMILES string of the molecule is CCCN(CCC)c1ccc(-c2nc3cc(C(CC(C)=O)NCc4ccc(Cl)c(Cl)c4)ccc3n2CC23CC4CC(CC(C4)C2)C3)cc1.CCCN(CCC)c1ccc(-c2nc3cc(C(CC(N)=O)N(Cc4ccc(Cl)c(C)c4)Cc4ccc(Cl)c(Cl)c4)ccc3n2CC23CC4CC(CC(C4)C2)C3)cc1. The van der Waals surface area contributed by atoms with E-state index in [9.17, 15) is 9.59 Å². The van der Waals surface area contributed by atoms with Crippen molar-refractivity contribution >= 4 is 103 Å². The van der Waals surface area contributed by atoms with Crippen LogP contribution in [0.1, 0.15) is 196 Å². The van der Waals surface area contributed by atoms with Crippen molar-refractivity contribution in [1.82, 2.24) is 29.3 Å². The Morgan fingerprint density at radius 3 is 1.30 bits per heavy atom. The maximum Gasteiger partial charge on any atom is 0.219 e. The summed E-state index contributed by atoms with van der Waals surface area (Å²) in [5, 5.41) is 6.43. The van der Waals surface area contributed by atoms with Gasteiger partial charge in [0, 0.05) is 111 Å². The topological polar surface area (TPSA) is 118 Å². The van der Waals surface area contributed by atoms with Gasteiger partial charge < -0.3 is 30.0 Å².